The fourth-order valence-corrected chi connectivity index (χ4v) is 5.40. The number of aliphatic carboxylic acids is 1. The Kier molecular flexibility index (Phi) is 6.89. The smallest absolute Gasteiger partial charge is 0.338 e. The average molecular weight is 540 g/mol. The summed E-state index contributed by atoms with van der Waals surface area (Å²) in [7, 11) is 1.24. The topological polar surface area (TPSA) is 101 Å². The van der Waals surface area contributed by atoms with E-state index in [1.54, 1.807) is 11.6 Å². The van der Waals surface area contributed by atoms with Gasteiger partial charge in [0.1, 0.15) is 6.04 Å². The van der Waals surface area contributed by atoms with Crippen molar-refractivity contribution < 1.29 is 28.2 Å². The van der Waals surface area contributed by atoms with Crippen LogP contribution >= 0.6 is 27.3 Å². The number of aliphatic imine (C=N–C) groups is 1. The van der Waals surface area contributed by atoms with Crippen molar-refractivity contribution in [3.8, 4) is 0 Å². The molecule has 1 aromatic carbocycles. The third kappa shape index (κ3) is 4.56. The van der Waals surface area contributed by atoms with Crippen LogP contribution in [0.15, 0.2) is 44.4 Å². The number of carbonyl (C=O) groups excluding carboxylic acids is 1. The number of nitrogens with zero attached hydrogens (tertiary/aromatic N) is 2. The number of hydrogen-bond acceptors (Lipinski definition) is 7. The number of aromatic nitrogens is 1. The predicted octanol–water partition coefficient (Wildman–Crippen LogP) is 4.59. The molecule has 7 nitrogen and oxygen atoms in total. The summed E-state index contributed by atoms with van der Waals surface area (Å²) >= 11 is 4.45. The molecule has 33 heavy (non-hydrogen) atoms. The van der Waals surface area contributed by atoms with Crippen molar-refractivity contribution in [3.05, 3.63) is 61.7 Å². The van der Waals surface area contributed by atoms with E-state index in [-0.39, 0.29) is 21.5 Å². The molecule has 2 heterocycles. The van der Waals surface area contributed by atoms with Gasteiger partial charge >= 0.3 is 11.9 Å². The van der Waals surface area contributed by atoms with Crippen molar-refractivity contribution in [3.63, 3.8) is 0 Å². The van der Waals surface area contributed by atoms with Crippen LogP contribution in [0.25, 0.3) is 0 Å². The first-order valence-corrected chi connectivity index (χ1v) is 11.9. The van der Waals surface area contributed by atoms with Gasteiger partial charge in [-0.15, -0.1) is 11.3 Å². The largest absolute Gasteiger partial charge is 0.481 e. The Morgan fingerprint density at radius 2 is 1.97 bits per heavy atom. The fraction of sp³-hybridized carbons (Fsp3) is 0.364. The number of carboxylic acids is 1. The summed E-state index contributed by atoms with van der Waals surface area (Å²) in [5.74, 6) is -3.79. The Hall–Kier alpha value is -2.66. The highest BCUT2D eigenvalue weighted by atomic mass is 79.9. The molecule has 1 saturated carbocycles. The molecule has 1 atom stereocenters. The number of hydrogen-bond donors (Lipinski definition) is 2. The molecule has 2 aromatic rings. The van der Waals surface area contributed by atoms with E-state index in [1.807, 2.05) is 0 Å². The highest BCUT2D eigenvalue weighted by Gasteiger charge is 2.38. The minimum Gasteiger partial charge on any atom is -0.481 e. The second-order valence-electron chi connectivity index (χ2n) is 7.81. The van der Waals surface area contributed by atoms with Gasteiger partial charge in [0.15, 0.2) is 22.5 Å². The van der Waals surface area contributed by atoms with E-state index < -0.39 is 35.5 Å². The predicted molar refractivity (Wildman–Crippen MR) is 121 cm³/mol. The van der Waals surface area contributed by atoms with E-state index in [2.05, 4.69) is 31.2 Å². The summed E-state index contributed by atoms with van der Waals surface area (Å²) in [6, 6.07) is 1.39. The molecule has 1 unspecified atom stereocenters. The van der Waals surface area contributed by atoms with Gasteiger partial charge in [0.25, 0.3) is 0 Å². The number of nitrogens with one attached hydrogen (secondary N) is 1. The van der Waals surface area contributed by atoms with Crippen molar-refractivity contribution >= 4 is 45.0 Å². The highest BCUT2D eigenvalue weighted by molar-refractivity contribution is 9.10. The first kappa shape index (κ1) is 23.5. The van der Waals surface area contributed by atoms with Gasteiger partial charge in [-0.25, -0.2) is 18.6 Å². The first-order valence-electron chi connectivity index (χ1n) is 10.2. The van der Waals surface area contributed by atoms with Crippen LogP contribution < -0.4 is 5.32 Å². The van der Waals surface area contributed by atoms with Crippen LogP contribution in [0.1, 0.15) is 42.3 Å². The van der Waals surface area contributed by atoms with Crippen LogP contribution in [0, 0.1) is 23.5 Å². The number of carbonyl (C=O) groups is 2. The van der Waals surface area contributed by atoms with Gasteiger partial charge < -0.3 is 15.2 Å². The number of methoxy groups -OCH3 is 1. The Balaban J connectivity index is 1.85. The molecule has 2 aliphatic rings. The van der Waals surface area contributed by atoms with Crippen molar-refractivity contribution in [2.24, 2.45) is 16.8 Å². The van der Waals surface area contributed by atoms with Gasteiger partial charge in [-0.2, -0.15) is 0 Å². The third-order valence-corrected chi connectivity index (χ3v) is 7.55. The maximum absolute atomic E-state index is 14.4. The normalized spacial score (nSPS) is 23.0. The van der Waals surface area contributed by atoms with E-state index in [4.69, 9.17) is 4.74 Å². The van der Waals surface area contributed by atoms with E-state index in [1.165, 1.54) is 24.5 Å². The Morgan fingerprint density at radius 3 is 2.58 bits per heavy atom. The van der Waals surface area contributed by atoms with Crippen molar-refractivity contribution in [1.82, 2.24) is 10.3 Å². The van der Waals surface area contributed by atoms with Crippen LogP contribution in [0.2, 0.25) is 0 Å². The monoisotopic (exact) mass is 539 g/mol. The average Bonchev–Trinajstić information content (AvgIpc) is 3.36. The first-order chi connectivity index (χ1) is 15.8. The molecular weight excluding hydrogens is 520 g/mol. The maximum Gasteiger partial charge on any atom is 0.338 e. The molecule has 0 bridgehead atoms. The number of ether oxygens (including phenoxy) is 1. The van der Waals surface area contributed by atoms with Crippen LogP contribution in [0.5, 0.6) is 0 Å². The molecule has 1 fully saturated rings. The lowest BCUT2D eigenvalue weighted by Gasteiger charge is -2.34. The number of benzene rings is 1. The number of halogens is 3. The van der Waals surface area contributed by atoms with Gasteiger partial charge in [0, 0.05) is 17.3 Å². The number of carboxylic acid groups (broad SMARTS) is 1. The van der Waals surface area contributed by atoms with E-state index in [9.17, 15) is 23.5 Å². The SMILES string of the molecule is COC(=O)C1=C([C@H]2CC[C@H](C(=O)O)CC2)NC(c2nccs2)=NC1c1ccc(F)c(F)c1Br. The summed E-state index contributed by atoms with van der Waals surface area (Å²) in [4.78, 5) is 33.3. The minimum absolute atomic E-state index is 0.132. The molecule has 1 aliphatic heterocycles. The number of esters is 1. The van der Waals surface area contributed by atoms with Gasteiger partial charge in [-0.3, -0.25) is 9.79 Å². The summed E-state index contributed by atoms with van der Waals surface area (Å²) in [5.41, 5.74) is 0.998. The third-order valence-electron chi connectivity index (χ3n) is 5.96. The van der Waals surface area contributed by atoms with E-state index in [0.29, 0.717) is 42.2 Å². The summed E-state index contributed by atoms with van der Waals surface area (Å²) < 4.78 is 33.1. The molecule has 0 amide bonds. The lowest BCUT2D eigenvalue weighted by atomic mass is 9.78. The van der Waals surface area contributed by atoms with Crippen LogP contribution in [-0.4, -0.2) is 35.0 Å². The zero-order chi connectivity index (χ0) is 23.7. The molecule has 174 valence electrons. The van der Waals surface area contributed by atoms with Crippen LogP contribution in [0.3, 0.4) is 0 Å². The second kappa shape index (κ2) is 9.68. The van der Waals surface area contributed by atoms with Crippen LogP contribution in [0.4, 0.5) is 8.78 Å². The minimum atomic E-state index is -1.08. The summed E-state index contributed by atoms with van der Waals surface area (Å²) in [5, 5.41) is 14.9. The molecule has 0 saturated heterocycles. The molecule has 1 aromatic heterocycles. The standard InChI is InChI=1S/C22H20BrF2N3O4S/c1-32-22(31)14-17(10-2-4-11(5-3-10)21(29)30)27-19(20-26-8-9-33-20)28-18(14)12-6-7-13(24)16(25)15(12)23/h6-11,18H,2-5H2,1H3,(H,27,28)(H,29,30)/t10-,11-,18?. The van der Waals surface area contributed by atoms with E-state index >= 15 is 0 Å². The van der Waals surface area contributed by atoms with Gasteiger partial charge in [-0.1, -0.05) is 6.07 Å². The Labute approximate surface area is 200 Å². The zero-order valence-corrected chi connectivity index (χ0v) is 19.9. The molecule has 11 heteroatoms. The number of amidine groups is 1. The highest BCUT2D eigenvalue weighted by Crippen LogP contribution is 2.42. The van der Waals surface area contributed by atoms with Crippen molar-refractivity contribution in [2.75, 3.05) is 7.11 Å². The van der Waals surface area contributed by atoms with Gasteiger partial charge in [0.2, 0.25) is 0 Å². The Morgan fingerprint density at radius 1 is 1.24 bits per heavy atom. The Bertz CT molecular complexity index is 1140. The van der Waals surface area contributed by atoms with Crippen LogP contribution in [-0.2, 0) is 14.3 Å². The summed E-state index contributed by atoms with van der Waals surface area (Å²) in [6.45, 7) is 0. The lowest BCUT2D eigenvalue weighted by molar-refractivity contribution is -0.143. The molecule has 0 radical (unpaired) electrons. The zero-order valence-electron chi connectivity index (χ0n) is 17.5. The molecule has 0 spiro atoms. The summed E-state index contributed by atoms with van der Waals surface area (Å²) in [6.07, 6.45) is 3.61. The maximum atomic E-state index is 14.4. The second-order valence-corrected chi connectivity index (χ2v) is 9.50. The quantitative estimate of drug-likeness (QED) is 0.425. The number of thiazole rings is 1. The molecule has 1 aliphatic carbocycles. The van der Waals surface area contributed by atoms with Gasteiger partial charge in [-0.05, 0) is 59.2 Å². The fourth-order valence-electron chi connectivity index (χ4n) is 4.28. The number of rotatable bonds is 5. The molecule has 4 rings (SSSR count). The number of allylic oxidation sites excluding steroid dienone is 1. The van der Waals surface area contributed by atoms with E-state index in [0.717, 1.165) is 6.07 Å². The van der Waals surface area contributed by atoms with Crippen molar-refractivity contribution in [2.45, 2.75) is 31.7 Å². The lowest BCUT2D eigenvalue weighted by Crippen LogP contribution is -2.38. The molecule has 2 N–H and O–H groups in total. The molecular formula is C22H20BrF2N3O4S. The van der Waals surface area contributed by atoms with Gasteiger partial charge in [0.05, 0.1) is 23.1 Å². The van der Waals surface area contributed by atoms with Crippen molar-refractivity contribution in [1.29, 1.82) is 0 Å².